The smallest absolute Gasteiger partial charge is 0.251 e. The van der Waals surface area contributed by atoms with Gasteiger partial charge in [-0.15, -0.1) is 0 Å². The number of nitrogens with one attached hydrogen (secondary N) is 1. The second-order valence-corrected chi connectivity index (χ2v) is 5.42. The van der Waals surface area contributed by atoms with Crippen LogP contribution in [0.2, 0.25) is 0 Å². The van der Waals surface area contributed by atoms with Crippen LogP contribution >= 0.6 is 0 Å². The van der Waals surface area contributed by atoms with Crippen LogP contribution in [-0.2, 0) is 4.79 Å². The number of carbonyl (C=O) groups excluding carboxylic acids is 1. The van der Waals surface area contributed by atoms with Crippen molar-refractivity contribution in [1.82, 2.24) is 10.2 Å². The van der Waals surface area contributed by atoms with Gasteiger partial charge >= 0.3 is 0 Å². The summed E-state index contributed by atoms with van der Waals surface area (Å²) in [5, 5.41) is 12.5. The van der Waals surface area contributed by atoms with E-state index in [4.69, 9.17) is 0 Å². The highest BCUT2D eigenvalue weighted by Gasteiger charge is 2.25. The highest BCUT2D eigenvalue weighted by atomic mass is 16.3. The Morgan fingerprint density at radius 1 is 1.25 bits per heavy atom. The largest absolute Gasteiger partial charge is 0.381 e. The fraction of sp³-hybridized carbons (Fsp3) is 0.562. The summed E-state index contributed by atoms with van der Waals surface area (Å²) in [5.74, 6) is -0.342. The van der Waals surface area contributed by atoms with Crippen LogP contribution in [0.15, 0.2) is 30.3 Å². The van der Waals surface area contributed by atoms with Crippen molar-refractivity contribution in [2.45, 2.75) is 39.3 Å². The van der Waals surface area contributed by atoms with E-state index in [1.807, 2.05) is 18.2 Å². The number of likely N-dealkylation sites (N-methyl/N-ethyl adjacent to an activating group) is 1. The number of hydrogen-bond acceptors (Lipinski definition) is 3. The van der Waals surface area contributed by atoms with Crippen molar-refractivity contribution in [2.75, 3.05) is 19.6 Å². The average Bonchev–Trinajstić information content (AvgIpc) is 2.43. The summed E-state index contributed by atoms with van der Waals surface area (Å²) in [6.45, 7) is 9.53. The first-order valence-corrected chi connectivity index (χ1v) is 7.19. The average molecular weight is 278 g/mol. The molecule has 1 atom stereocenters. The van der Waals surface area contributed by atoms with Gasteiger partial charge in [-0.25, -0.2) is 0 Å². The number of hydrogen-bond donors (Lipinski definition) is 2. The first-order valence-electron chi connectivity index (χ1n) is 7.19. The summed E-state index contributed by atoms with van der Waals surface area (Å²) < 4.78 is 0. The molecule has 0 bridgehead atoms. The van der Waals surface area contributed by atoms with Crippen LogP contribution in [0.5, 0.6) is 0 Å². The van der Waals surface area contributed by atoms with Crippen LogP contribution in [0, 0.1) is 0 Å². The Hall–Kier alpha value is -1.39. The molecule has 1 aromatic carbocycles. The van der Waals surface area contributed by atoms with E-state index in [9.17, 15) is 9.90 Å². The molecule has 0 aliphatic rings. The third kappa shape index (κ3) is 4.62. The lowest BCUT2D eigenvalue weighted by Gasteiger charge is -2.31. The summed E-state index contributed by atoms with van der Waals surface area (Å²) >= 11 is 0. The summed E-state index contributed by atoms with van der Waals surface area (Å²) in [6.07, 6.45) is 0. The molecule has 0 heterocycles. The monoisotopic (exact) mass is 278 g/mol. The fourth-order valence-electron chi connectivity index (χ4n) is 2.20. The third-order valence-electron chi connectivity index (χ3n) is 3.45. The Kier molecular flexibility index (Phi) is 6.17. The maximum Gasteiger partial charge on any atom is 0.251 e. The molecule has 1 amide bonds. The van der Waals surface area contributed by atoms with Gasteiger partial charge in [-0.3, -0.25) is 9.69 Å². The maximum absolute atomic E-state index is 11.8. The van der Waals surface area contributed by atoms with E-state index in [1.54, 1.807) is 0 Å². The van der Waals surface area contributed by atoms with Crippen LogP contribution in [0.4, 0.5) is 0 Å². The number of nitrogens with zero attached hydrogens (tertiary/aromatic N) is 1. The predicted octanol–water partition coefficient (Wildman–Crippen LogP) is 1.96. The van der Waals surface area contributed by atoms with Crippen molar-refractivity contribution in [2.24, 2.45) is 0 Å². The highest BCUT2D eigenvalue weighted by molar-refractivity contribution is 5.83. The molecule has 20 heavy (non-hydrogen) atoms. The van der Waals surface area contributed by atoms with Gasteiger partial charge in [-0.2, -0.15) is 0 Å². The Morgan fingerprint density at radius 2 is 1.80 bits per heavy atom. The normalized spacial score (nSPS) is 13.3. The van der Waals surface area contributed by atoms with Crippen LogP contribution in [0.3, 0.4) is 0 Å². The molecule has 0 aromatic heterocycles. The summed E-state index contributed by atoms with van der Waals surface area (Å²) in [5.41, 5.74) is -0.169. The SMILES string of the molecule is CCN(CC)C(CNC(=O)C(C)(C)O)c1ccccc1. The highest BCUT2D eigenvalue weighted by Crippen LogP contribution is 2.19. The van der Waals surface area contributed by atoms with Gasteiger partial charge in [0, 0.05) is 6.54 Å². The first kappa shape index (κ1) is 16.7. The molecule has 112 valence electrons. The van der Waals surface area contributed by atoms with E-state index >= 15 is 0 Å². The molecule has 4 heteroatoms. The zero-order chi connectivity index (χ0) is 15.2. The molecule has 2 N–H and O–H groups in total. The van der Waals surface area contributed by atoms with E-state index in [2.05, 4.69) is 36.2 Å². The fourth-order valence-corrected chi connectivity index (χ4v) is 2.20. The molecule has 0 aliphatic heterocycles. The second-order valence-electron chi connectivity index (χ2n) is 5.42. The van der Waals surface area contributed by atoms with Crippen LogP contribution < -0.4 is 5.32 Å². The van der Waals surface area contributed by atoms with Gasteiger partial charge < -0.3 is 10.4 Å². The van der Waals surface area contributed by atoms with Gasteiger partial charge in [0.05, 0.1) is 6.04 Å². The van der Waals surface area contributed by atoms with Gasteiger partial charge in [0.15, 0.2) is 0 Å². The number of amides is 1. The van der Waals surface area contributed by atoms with Crippen molar-refractivity contribution in [3.8, 4) is 0 Å². The lowest BCUT2D eigenvalue weighted by Crippen LogP contribution is -2.45. The van der Waals surface area contributed by atoms with Gasteiger partial charge in [0.25, 0.3) is 5.91 Å². The third-order valence-corrected chi connectivity index (χ3v) is 3.45. The summed E-state index contributed by atoms with van der Waals surface area (Å²) in [4.78, 5) is 14.1. The van der Waals surface area contributed by atoms with Crippen molar-refractivity contribution in [3.05, 3.63) is 35.9 Å². The molecule has 0 saturated carbocycles. The molecular weight excluding hydrogens is 252 g/mol. The molecule has 0 radical (unpaired) electrons. The predicted molar refractivity (Wildman–Crippen MR) is 81.4 cm³/mol. The van der Waals surface area contributed by atoms with Crippen molar-refractivity contribution < 1.29 is 9.90 Å². The van der Waals surface area contributed by atoms with Crippen LogP contribution in [-0.4, -0.2) is 41.1 Å². The lowest BCUT2D eigenvalue weighted by molar-refractivity contribution is -0.136. The van der Waals surface area contributed by atoms with E-state index in [1.165, 1.54) is 19.4 Å². The minimum atomic E-state index is -1.34. The van der Waals surface area contributed by atoms with E-state index in [0.29, 0.717) is 6.54 Å². The Balaban J connectivity index is 2.82. The Bertz CT molecular complexity index is 408. The molecule has 0 spiro atoms. The molecule has 0 aliphatic carbocycles. The first-order chi connectivity index (χ1) is 9.40. The van der Waals surface area contributed by atoms with Gasteiger partial charge in [-0.1, -0.05) is 44.2 Å². The summed E-state index contributed by atoms with van der Waals surface area (Å²) in [7, 11) is 0. The van der Waals surface area contributed by atoms with Gasteiger partial charge in [0.2, 0.25) is 0 Å². The van der Waals surface area contributed by atoms with Crippen molar-refractivity contribution >= 4 is 5.91 Å². The lowest BCUT2D eigenvalue weighted by atomic mass is 10.0. The quantitative estimate of drug-likeness (QED) is 0.801. The topological polar surface area (TPSA) is 52.6 Å². The van der Waals surface area contributed by atoms with Gasteiger partial charge in [0.1, 0.15) is 5.60 Å². The number of rotatable bonds is 7. The van der Waals surface area contributed by atoms with E-state index in [-0.39, 0.29) is 11.9 Å². The summed E-state index contributed by atoms with van der Waals surface area (Å²) in [6, 6.07) is 10.3. The Morgan fingerprint density at radius 3 is 2.25 bits per heavy atom. The molecule has 1 rings (SSSR count). The second kappa shape index (κ2) is 7.41. The molecule has 0 fully saturated rings. The standard InChI is InChI=1S/C16H26N2O2/c1-5-18(6-2)14(13-10-8-7-9-11-13)12-17-15(19)16(3,4)20/h7-11,14,20H,5-6,12H2,1-4H3,(H,17,19). The maximum atomic E-state index is 11.8. The van der Waals surface area contributed by atoms with Gasteiger partial charge in [-0.05, 0) is 32.5 Å². The van der Waals surface area contributed by atoms with Crippen molar-refractivity contribution in [1.29, 1.82) is 0 Å². The zero-order valence-corrected chi connectivity index (χ0v) is 12.9. The number of carbonyl (C=O) groups is 1. The molecule has 4 nitrogen and oxygen atoms in total. The Labute approximate surface area is 121 Å². The number of benzene rings is 1. The van der Waals surface area contributed by atoms with E-state index < -0.39 is 5.60 Å². The number of aliphatic hydroxyl groups is 1. The zero-order valence-electron chi connectivity index (χ0n) is 12.9. The molecular formula is C16H26N2O2. The molecule has 1 unspecified atom stereocenters. The molecule has 1 aromatic rings. The van der Waals surface area contributed by atoms with Crippen molar-refractivity contribution in [3.63, 3.8) is 0 Å². The minimum absolute atomic E-state index is 0.123. The minimum Gasteiger partial charge on any atom is -0.381 e. The molecule has 0 saturated heterocycles. The van der Waals surface area contributed by atoms with Crippen LogP contribution in [0.1, 0.15) is 39.3 Å². The van der Waals surface area contributed by atoms with E-state index in [0.717, 1.165) is 13.1 Å². The van der Waals surface area contributed by atoms with Crippen LogP contribution in [0.25, 0.3) is 0 Å².